The second kappa shape index (κ2) is 33.3. The van der Waals surface area contributed by atoms with E-state index in [0.717, 1.165) is 0 Å². The standard InChI is InChI=1S/C64H105N3O20S.CH4/c1-35(2)29-48(68)83-54-42(9)53(37(4)34-79-61-57(77-16)56(76-15)50(69)45(12)82-61)85-59(72)44(11)55(84-49-30-38(5)67(14)33-40(7)80-49)41(8)52(86-60-51(70)47(66-78-17)31-39(6)81-60)36(3)32-63(13,58(71)43(54)10)87-62(73)65-64(25-21-22-26-64)27-28-88(74,75)46-23-19-18-20-24-46;/h18-20,23-24,35-45,49-57,60-61,69-70H,21-22,25-34H2,1-17H3,(H,65,73);1H4/b66-47+;/t36-,37-,38?,39+,40-,41+,42-,43+,44+,45+,49-,50+,51+,52-,53+,54+,55-,56+,57+,60-,61+,63-;/m0./s1. The molecule has 5 fully saturated rings. The van der Waals surface area contributed by atoms with Crippen LogP contribution >= 0.6 is 0 Å². The number of hydrogen-bond donors (Lipinski definition) is 3. The fourth-order valence-electron chi connectivity index (χ4n) is 13.8. The molecule has 0 spiro atoms. The van der Waals surface area contributed by atoms with Gasteiger partial charge in [-0.25, -0.2) is 13.2 Å². The molecular weight excluding hydrogens is 1170 g/mol. The van der Waals surface area contributed by atoms with Crippen molar-refractivity contribution >= 4 is 39.4 Å². The molecule has 1 aromatic carbocycles. The molecule has 5 aliphatic rings. The number of oxime groups is 1. The van der Waals surface area contributed by atoms with Gasteiger partial charge >= 0.3 is 18.0 Å². The first-order valence-electron chi connectivity index (χ1n) is 31.7. The van der Waals surface area contributed by atoms with Crippen molar-refractivity contribution in [1.82, 2.24) is 10.2 Å². The molecule has 89 heavy (non-hydrogen) atoms. The summed E-state index contributed by atoms with van der Waals surface area (Å²) in [5.74, 6) is -8.17. The average molecular weight is 1280 g/mol. The van der Waals surface area contributed by atoms with Crippen molar-refractivity contribution in [2.24, 2.45) is 46.6 Å². The first-order valence-corrected chi connectivity index (χ1v) is 33.4. The Kier molecular flexibility index (Phi) is 28.3. The second-order valence-electron chi connectivity index (χ2n) is 26.7. The Labute approximate surface area is 529 Å². The van der Waals surface area contributed by atoms with Crippen LogP contribution < -0.4 is 5.32 Å². The van der Waals surface area contributed by atoms with Crippen molar-refractivity contribution in [2.75, 3.05) is 47.3 Å². The highest BCUT2D eigenvalue weighted by molar-refractivity contribution is 7.91. The lowest BCUT2D eigenvalue weighted by atomic mass is 9.74. The number of benzene rings is 1. The first-order chi connectivity index (χ1) is 41.4. The van der Waals surface area contributed by atoms with Crippen molar-refractivity contribution in [3.8, 4) is 0 Å². The summed E-state index contributed by atoms with van der Waals surface area (Å²) >= 11 is 0. The number of carbonyl (C=O) groups is 4. The zero-order chi connectivity index (χ0) is 65.2. The van der Waals surface area contributed by atoms with Gasteiger partial charge < -0.3 is 77.4 Å². The SMILES string of the molecule is C.CO/N=C1\C[C@@H](C)O[C@@H](O[C@@H]2[C@@H](C)[C@H](O[C@H]3CC(C)N(C)C[C@H](C)O3)[C@@H](C)C(=O)O[C@H]([C@@H](C)CO[C@@H]3O[C@H](C)[C@@H](O)[C@@H](OC)[C@H]3OC)[C@H](C)[C@@H](OC(=O)CC(C)C)[C@@H](C)C(=O)[C@@](C)(OC(=O)NC3(CCS(=O)(=O)c4ccccc4)CCCC3)C[C@@H]2C)[C@@H]1O. The van der Waals surface area contributed by atoms with E-state index in [-0.39, 0.29) is 74.1 Å². The number of amides is 1. The van der Waals surface area contributed by atoms with Gasteiger partial charge in [0.15, 0.2) is 40.1 Å². The largest absolute Gasteiger partial charge is 0.461 e. The minimum Gasteiger partial charge on any atom is -0.461 e. The first kappa shape index (κ1) is 75.8. The van der Waals surface area contributed by atoms with E-state index < -0.39 is 160 Å². The lowest BCUT2D eigenvalue weighted by Crippen LogP contribution is -2.59. The third-order valence-corrected chi connectivity index (χ3v) is 20.5. The summed E-state index contributed by atoms with van der Waals surface area (Å²) < 4.78 is 98.5. The van der Waals surface area contributed by atoms with Crippen molar-refractivity contribution < 1.29 is 94.8 Å². The van der Waals surface area contributed by atoms with Gasteiger partial charge in [-0.3, -0.25) is 14.4 Å². The number of nitrogens with one attached hydrogen (secondary N) is 1. The molecule has 4 saturated heterocycles. The van der Waals surface area contributed by atoms with Gasteiger partial charge in [-0.15, -0.1) is 0 Å². The Morgan fingerprint density at radius 1 is 0.820 bits per heavy atom. The number of cyclic esters (lactones) is 1. The molecule has 1 aromatic rings. The summed E-state index contributed by atoms with van der Waals surface area (Å²) in [6.45, 7) is 23.6. The van der Waals surface area contributed by atoms with Gasteiger partial charge in [0.25, 0.3) is 0 Å². The number of methoxy groups -OCH3 is 2. The number of hydrogen-bond acceptors (Lipinski definition) is 22. The fourth-order valence-corrected chi connectivity index (χ4v) is 15.2. The van der Waals surface area contributed by atoms with Gasteiger partial charge in [-0.05, 0) is 98.2 Å². The van der Waals surface area contributed by atoms with Crippen molar-refractivity contribution in [3.05, 3.63) is 30.3 Å². The number of aliphatic hydroxyl groups is 2. The number of rotatable bonds is 20. The van der Waals surface area contributed by atoms with Crippen LogP contribution in [0.4, 0.5) is 4.79 Å². The molecule has 24 heteroatoms. The number of likely N-dealkylation sites (N-methyl/N-ethyl adjacent to an activating group) is 1. The molecule has 0 aromatic heterocycles. The highest BCUT2D eigenvalue weighted by atomic mass is 32.2. The van der Waals surface area contributed by atoms with E-state index in [1.54, 1.807) is 59.7 Å². The quantitative estimate of drug-likeness (QED) is 0.0637. The number of nitrogens with zero attached hydrogens (tertiary/aromatic N) is 2. The lowest BCUT2D eigenvalue weighted by Gasteiger charge is -2.45. The van der Waals surface area contributed by atoms with E-state index in [4.69, 9.17) is 56.9 Å². The van der Waals surface area contributed by atoms with Crippen LogP contribution in [0.25, 0.3) is 0 Å². The van der Waals surface area contributed by atoms with Crippen LogP contribution in [-0.2, 0) is 81.2 Å². The normalized spacial score (nSPS) is 37.9. The number of alkyl carbamates (subject to hydrolysis) is 1. The van der Waals surface area contributed by atoms with Crippen molar-refractivity contribution in [1.29, 1.82) is 0 Å². The second-order valence-corrected chi connectivity index (χ2v) is 28.8. The maximum atomic E-state index is 16.2. The Bertz CT molecular complexity index is 2560. The minimum atomic E-state index is -3.77. The summed E-state index contributed by atoms with van der Waals surface area (Å²) in [6.07, 6.45) is -12.0. The van der Waals surface area contributed by atoms with Gasteiger partial charge in [-0.1, -0.05) is 92.1 Å². The Hall–Kier alpha value is -3.92. The summed E-state index contributed by atoms with van der Waals surface area (Å²) in [6, 6.07) is 8.10. The van der Waals surface area contributed by atoms with Crippen LogP contribution in [0.5, 0.6) is 0 Å². The Balaban J connectivity index is 0.0000144. The summed E-state index contributed by atoms with van der Waals surface area (Å²) in [4.78, 5) is 68.4. The summed E-state index contributed by atoms with van der Waals surface area (Å²) in [5.41, 5.74) is -2.83. The molecule has 1 saturated carbocycles. The van der Waals surface area contributed by atoms with E-state index in [0.29, 0.717) is 38.6 Å². The van der Waals surface area contributed by atoms with Crippen LogP contribution in [0.1, 0.15) is 155 Å². The van der Waals surface area contributed by atoms with Gasteiger partial charge in [0.05, 0.1) is 65.3 Å². The predicted molar refractivity (Wildman–Crippen MR) is 331 cm³/mol. The summed E-state index contributed by atoms with van der Waals surface area (Å²) in [7, 11) is 2.49. The van der Waals surface area contributed by atoms with Gasteiger partial charge in [0.1, 0.15) is 43.7 Å². The molecule has 4 aliphatic heterocycles. The molecular formula is C65H109N3O20S. The lowest BCUT2D eigenvalue weighted by molar-refractivity contribution is -0.305. The molecule has 1 aliphatic carbocycles. The van der Waals surface area contributed by atoms with E-state index in [2.05, 4.69) is 22.3 Å². The Morgan fingerprint density at radius 3 is 2.09 bits per heavy atom. The van der Waals surface area contributed by atoms with E-state index in [1.807, 2.05) is 41.7 Å². The van der Waals surface area contributed by atoms with Crippen LogP contribution in [0.3, 0.4) is 0 Å². The molecule has 0 bridgehead atoms. The molecule has 1 amide bonds. The molecule has 0 radical (unpaired) electrons. The van der Waals surface area contributed by atoms with E-state index in [9.17, 15) is 23.4 Å². The third-order valence-electron chi connectivity index (χ3n) is 18.8. The zero-order valence-electron chi connectivity index (χ0n) is 55.1. The van der Waals surface area contributed by atoms with Gasteiger partial charge in [0.2, 0.25) is 0 Å². The van der Waals surface area contributed by atoms with E-state index >= 15 is 14.4 Å². The fraction of sp³-hybridized carbons (Fsp3) is 0.831. The molecule has 510 valence electrons. The minimum absolute atomic E-state index is 0. The maximum Gasteiger partial charge on any atom is 0.408 e. The number of aliphatic hydroxyl groups excluding tert-OH is 2. The topological polar surface area (TPSA) is 281 Å². The van der Waals surface area contributed by atoms with Crippen LogP contribution in [0.2, 0.25) is 0 Å². The molecule has 23 nitrogen and oxygen atoms in total. The monoisotopic (exact) mass is 1280 g/mol. The van der Waals surface area contributed by atoms with Gasteiger partial charge in [0, 0.05) is 69.4 Å². The van der Waals surface area contributed by atoms with Crippen LogP contribution in [0.15, 0.2) is 40.4 Å². The molecule has 6 rings (SSSR count). The van der Waals surface area contributed by atoms with Crippen molar-refractivity contribution in [3.63, 3.8) is 0 Å². The maximum absolute atomic E-state index is 16.2. The highest BCUT2D eigenvalue weighted by Crippen LogP contribution is 2.42. The zero-order valence-corrected chi connectivity index (χ0v) is 55.9. The number of ketones is 1. The van der Waals surface area contributed by atoms with Crippen LogP contribution in [0, 0.1) is 41.4 Å². The Morgan fingerprint density at radius 2 is 1.47 bits per heavy atom. The predicted octanol–water partition coefficient (Wildman–Crippen LogP) is 7.82. The average Bonchev–Trinajstić information content (AvgIpc) is 1.97. The van der Waals surface area contributed by atoms with Gasteiger partial charge in [-0.2, -0.15) is 0 Å². The van der Waals surface area contributed by atoms with E-state index in [1.165, 1.54) is 40.4 Å². The number of ether oxygens (including phenoxy) is 11. The number of carbonyl (C=O) groups excluding carboxylic acids is 4. The molecule has 3 N–H and O–H groups in total. The number of Topliss-reactive ketones (excluding diaryl/α,β-unsaturated/α-hetero) is 1. The molecule has 4 heterocycles. The third kappa shape index (κ3) is 19.4. The number of sulfone groups is 1. The van der Waals surface area contributed by atoms with Crippen LogP contribution in [-0.4, -0.2) is 204 Å². The molecule has 22 atom stereocenters. The number of esters is 2. The highest BCUT2D eigenvalue weighted by Gasteiger charge is 2.53. The smallest absolute Gasteiger partial charge is 0.408 e. The van der Waals surface area contributed by atoms with Crippen molar-refractivity contribution in [2.45, 2.75) is 263 Å². The summed E-state index contributed by atoms with van der Waals surface area (Å²) in [5, 5.41) is 30.1. The molecule has 1 unspecified atom stereocenters.